The van der Waals surface area contributed by atoms with Crippen molar-refractivity contribution in [2.75, 3.05) is 0 Å². The van der Waals surface area contributed by atoms with E-state index in [0.29, 0.717) is 10.9 Å². The van der Waals surface area contributed by atoms with E-state index in [0.717, 1.165) is 10.6 Å². The first kappa shape index (κ1) is 12.5. The highest BCUT2D eigenvalue weighted by Crippen LogP contribution is 2.24. The molecule has 6 heteroatoms. The van der Waals surface area contributed by atoms with Crippen LogP contribution in [0.3, 0.4) is 0 Å². The molecule has 0 bridgehead atoms. The van der Waals surface area contributed by atoms with Gasteiger partial charge in [-0.25, -0.2) is 14.4 Å². The van der Waals surface area contributed by atoms with E-state index in [1.807, 2.05) is 6.92 Å². The standard InChI is InChI=1S/C12H11FN4S/c1-7-6-10(11(14)15)17-12(16-7)18-9-4-2-8(13)3-5-9/h2-6H,1H3,(H3,14,15). The van der Waals surface area contributed by atoms with Gasteiger partial charge < -0.3 is 5.73 Å². The minimum absolute atomic E-state index is 0.0959. The molecule has 0 fully saturated rings. The smallest absolute Gasteiger partial charge is 0.193 e. The molecule has 0 radical (unpaired) electrons. The maximum atomic E-state index is 12.8. The van der Waals surface area contributed by atoms with E-state index in [4.69, 9.17) is 11.1 Å². The number of aromatic nitrogens is 2. The van der Waals surface area contributed by atoms with Crippen LogP contribution in [-0.2, 0) is 0 Å². The third-order valence-corrected chi connectivity index (χ3v) is 3.01. The van der Waals surface area contributed by atoms with Crippen LogP contribution in [0.25, 0.3) is 0 Å². The highest BCUT2D eigenvalue weighted by atomic mass is 32.2. The molecule has 0 aliphatic carbocycles. The minimum atomic E-state index is -0.283. The van der Waals surface area contributed by atoms with Crippen molar-refractivity contribution < 1.29 is 4.39 Å². The van der Waals surface area contributed by atoms with E-state index >= 15 is 0 Å². The lowest BCUT2D eigenvalue weighted by Crippen LogP contribution is -2.14. The van der Waals surface area contributed by atoms with E-state index in [-0.39, 0.29) is 11.7 Å². The summed E-state index contributed by atoms with van der Waals surface area (Å²) in [6.45, 7) is 1.81. The van der Waals surface area contributed by atoms with Gasteiger partial charge in [-0.3, -0.25) is 5.41 Å². The average Bonchev–Trinajstić information content (AvgIpc) is 2.31. The van der Waals surface area contributed by atoms with E-state index in [2.05, 4.69) is 9.97 Å². The van der Waals surface area contributed by atoms with Crippen LogP contribution in [0.5, 0.6) is 0 Å². The fourth-order valence-corrected chi connectivity index (χ4v) is 2.15. The number of nitrogens with two attached hydrogens (primary N) is 1. The summed E-state index contributed by atoms with van der Waals surface area (Å²) in [6, 6.07) is 7.71. The summed E-state index contributed by atoms with van der Waals surface area (Å²) >= 11 is 1.30. The molecule has 0 aliphatic heterocycles. The summed E-state index contributed by atoms with van der Waals surface area (Å²) in [5.41, 5.74) is 6.53. The molecule has 0 unspecified atom stereocenters. The lowest BCUT2D eigenvalue weighted by molar-refractivity contribution is 0.626. The summed E-state index contributed by atoms with van der Waals surface area (Å²) in [7, 11) is 0. The van der Waals surface area contributed by atoms with Crippen LogP contribution in [-0.4, -0.2) is 15.8 Å². The van der Waals surface area contributed by atoms with Gasteiger partial charge in [0.1, 0.15) is 17.3 Å². The van der Waals surface area contributed by atoms with E-state index in [1.165, 1.54) is 23.9 Å². The summed E-state index contributed by atoms with van der Waals surface area (Å²) in [6.07, 6.45) is 0. The minimum Gasteiger partial charge on any atom is -0.382 e. The SMILES string of the molecule is Cc1cc(C(=N)N)nc(Sc2ccc(F)cc2)n1. The molecule has 2 aromatic rings. The van der Waals surface area contributed by atoms with Crippen molar-refractivity contribution in [2.45, 2.75) is 17.0 Å². The Morgan fingerprint density at radius 1 is 1.28 bits per heavy atom. The topological polar surface area (TPSA) is 75.7 Å². The van der Waals surface area contributed by atoms with Gasteiger partial charge in [-0.1, -0.05) is 0 Å². The Hall–Kier alpha value is -1.95. The van der Waals surface area contributed by atoms with Gasteiger partial charge in [0.25, 0.3) is 0 Å². The first-order valence-electron chi connectivity index (χ1n) is 5.18. The Morgan fingerprint density at radius 2 is 1.94 bits per heavy atom. The van der Waals surface area contributed by atoms with Gasteiger partial charge in [0.2, 0.25) is 0 Å². The number of hydrogen-bond donors (Lipinski definition) is 2. The zero-order valence-electron chi connectivity index (χ0n) is 9.64. The quantitative estimate of drug-likeness (QED) is 0.506. The normalized spacial score (nSPS) is 10.3. The predicted molar refractivity (Wildman–Crippen MR) is 68.3 cm³/mol. The molecule has 4 nitrogen and oxygen atoms in total. The third-order valence-electron chi connectivity index (χ3n) is 2.13. The van der Waals surface area contributed by atoms with Crippen LogP contribution in [0.4, 0.5) is 4.39 Å². The summed E-state index contributed by atoms with van der Waals surface area (Å²) in [5.74, 6) is -0.379. The molecule has 2 rings (SSSR count). The van der Waals surface area contributed by atoms with Gasteiger partial charge in [-0.2, -0.15) is 0 Å². The zero-order chi connectivity index (χ0) is 13.1. The molecule has 0 aliphatic rings. The Bertz CT molecular complexity index is 583. The van der Waals surface area contributed by atoms with E-state index < -0.39 is 0 Å². The molecule has 0 saturated carbocycles. The molecule has 18 heavy (non-hydrogen) atoms. The van der Waals surface area contributed by atoms with E-state index in [9.17, 15) is 4.39 Å². The highest BCUT2D eigenvalue weighted by Gasteiger charge is 2.06. The summed E-state index contributed by atoms with van der Waals surface area (Å²) in [5, 5.41) is 7.86. The molecule has 3 N–H and O–H groups in total. The van der Waals surface area contributed by atoms with Crippen molar-refractivity contribution in [3.8, 4) is 0 Å². The fraction of sp³-hybridized carbons (Fsp3) is 0.0833. The number of amidine groups is 1. The Balaban J connectivity index is 2.28. The molecule has 1 heterocycles. The van der Waals surface area contributed by atoms with Crippen molar-refractivity contribution in [3.63, 3.8) is 0 Å². The molecule has 0 atom stereocenters. The largest absolute Gasteiger partial charge is 0.382 e. The number of hydrogen-bond acceptors (Lipinski definition) is 4. The van der Waals surface area contributed by atoms with Crippen molar-refractivity contribution in [3.05, 3.63) is 47.5 Å². The zero-order valence-corrected chi connectivity index (χ0v) is 10.5. The Labute approximate surface area is 108 Å². The molecule has 0 spiro atoms. The fourth-order valence-electron chi connectivity index (χ4n) is 1.33. The molecule has 92 valence electrons. The number of rotatable bonds is 3. The van der Waals surface area contributed by atoms with E-state index in [1.54, 1.807) is 18.2 Å². The number of aryl methyl sites for hydroxylation is 1. The molecular formula is C12H11FN4S. The third kappa shape index (κ3) is 3.04. The first-order chi connectivity index (χ1) is 8.54. The van der Waals surface area contributed by atoms with Crippen LogP contribution in [0.2, 0.25) is 0 Å². The van der Waals surface area contributed by atoms with Crippen LogP contribution < -0.4 is 5.73 Å². The average molecular weight is 262 g/mol. The van der Waals surface area contributed by atoms with Gasteiger partial charge >= 0.3 is 0 Å². The molecule has 0 amide bonds. The highest BCUT2D eigenvalue weighted by molar-refractivity contribution is 7.99. The van der Waals surface area contributed by atoms with Crippen molar-refractivity contribution >= 4 is 17.6 Å². The Kier molecular flexibility index (Phi) is 3.57. The second kappa shape index (κ2) is 5.14. The number of nitrogen functional groups attached to an aromatic ring is 1. The molecule has 1 aromatic heterocycles. The monoisotopic (exact) mass is 262 g/mol. The predicted octanol–water partition coefficient (Wildman–Crippen LogP) is 2.36. The van der Waals surface area contributed by atoms with Gasteiger partial charge in [0.05, 0.1) is 0 Å². The van der Waals surface area contributed by atoms with Gasteiger partial charge in [-0.05, 0) is 49.0 Å². The summed E-state index contributed by atoms with van der Waals surface area (Å²) in [4.78, 5) is 9.23. The van der Waals surface area contributed by atoms with Crippen molar-refractivity contribution in [1.82, 2.24) is 9.97 Å². The van der Waals surface area contributed by atoms with Crippen LogP contribution >= 0.6 is 11.8 Å². The molecular weight excluding hydrogens is 251 g/mol. The second-order valence-corrected chi connectivity index (χ2v) is 4.69. The van der Waals surface area contributed by atoms with Crippen molar-refractivity contribution in [1.29, 1.82) is 5.41 Å². The maximum absolute atomic E-state index is 12.8. The first-order valence-corrected chi connectivity index (χ1v) is 6.00. The second-order valence-electron chi connectivity index (χ2n) is 3.65. The van der Waals surface area contributed by atoms with Crippen molar-refractivity contribution in [2.24, 2.45) is 5.73 Å². The van der Waals surface area contributed by atoms with Gasteiger partial charge in [0.15, 0.2) is 5.16 Å². The molecule has 1 aromatic carbocycles. The molecule has 0 saturated heterocycles. The van der Waals surface area contributed by atoms with Crippen LogP contribution in [0.1, 0.15) is 11.4 Å². The number of nitrogens with one attached hydrogen (secondary N) is 1. The van der Waals surface area contributed by atoms with Gasteiger partial charge in [0, 0.05) is 10.6 Å². The maximum Gasteiger partial charge on any atom is 0.193 e. The number of nitrogens with zero attached hydrogens (tertiary/aromatic N) is 2. The van der Waals surface area contributed by atoms with Crippen LogP contribution in [0.15, 0.2) is 40.4 Å². The number of halogens is 1. The number of benzene rings is 1. The summed E-state index contributed by atoms with van der Waals surface area (Å²) < 4.78 is 12.8. The Morgan fingerprint density at radius 3 is 2.56 bits per heavy atom. The van der Waals surface area contributed by atoms with Gasteiger partial charge in [-0.15, -0.1) is 0 Å². The van der Waals surface area contributed by atoms with Crippen LogP contribution in [0, 0.1) is 18.2 Å². The lowest BCUT2D eigenvalue weighted by atomic mass is 10.3. The lowest BCUT2D eigenvalue weighted by Gasteiger charge is -2.04.